The predicted molar refractivity (Wildman–Crippen MR) is 84.7 cm³/mol. The summed E-state index contributed by atoms with van der Waals surface area (Å²) in [6.45, 7) is 1.43. The van der Waals surface area contributed by atoms with Crippen molar-refractivity contribution in [2.45, 2.75) is 13.0 Å². The van der Waals surface area contributed by atoms with Crippen LogP contribution in [0.2, 0.25) is 0 Å². The summed E-state index contributed by atoms with van der Waals surface area (Å²) in [7, 11) is 2.04. The minimum absolute atomic E-state index is 0.218. The van der Waals surface area contributed by atoms with Crippen LogP contribution in [0.5, 0.6) is 0 Å². The van der Waals surface area contributed by atoms with Crippen LogP contribution < -0.4 is 0 Å². The Morgan fingerprint density at radius 3 is 2.90 bits per heavy atom. The molecular weight excluding hydrogens is 285 g/mol. The lowest BCUT2D eigenvalue weighted by Gasteiger charge is -2.17. The van der Waals surface area contributed by atoms with Crippen molar-refractivity contribution in [3.8, 4) is 11.8 Å². The number of likely N-dealkylation sites (N-methyl/N-ethyl adjacent to an activating group) is 1. The summed E-state index contributed by atoms with van der Waals surface area (Å²) < 4.78 is 13.3. The number of rotatable bonds is 5. The fourth-order valence-electron chi connectivity index (χ4n) is 2.06. The lowest BCUT2D eigenvalue weighted by molar-refractivity contribution is 0.331. The van der Waals surface area contributed by atoms with Gasteiger partial charge in [-0.15, -0.1) is 11.3 Å². The van der Waals surface area contributed by atoms with Crippen molar-refractivity contribution in [2.75, 3.05) is 20.2 Å². The van der Waals surface area contributed by atoms with Gasteiger partial charge in [-0.1, -0.05) is 24.0 Å². The summed E-state index contributed by atoms with van der Waals surface area (Å²) in [6, 6.07) is 8.83. The molecule has 0 amide bonds. The summed E-state index contributed by atoms with van der Waals surface area (Å²) >= 11 is 1.76. The van der Waals surface area contributed by atoms with Crippen molar-refractivity contribution in [3.63, 3.8) is 0 Å². The molecule has 0 unspecified atom stereocenters. The molecule has 0 aliphatic carbocycles. The van der Waals surface area contributed by atoms with Gasteiger partial charge in [0.05, 0.1) is 0 Å². The SMILES string of the molecule is CN(CCc1cccs1)Cc1ccc(F)cc1C#CCO. The molecule has 0 saturated carbocycles. The normalized spacial score (nSPS) is 10.5. The van der Waals surface area contributed by atoms with E-state index in [-0.39, 0.29) is 12.4 Å². The molecule has 2 rings (SSSR count). The van der Waals surface area contributed by atoms with E-state index < -0.39 is 0 Å². The molecule has 0 bridgehead atoms. The Kier molecular flexibility index (Phi) is 5.94. The highest BCUT2D eigenvalue weighted by Crippen LogP contribution is 2.14. The number of hydrogen-bond acceptors (Lipinski definition) is 3. The molecule has 0 saturated heterocycles. The molecule has 110 valence electrons. The number of thiophene rings is 1. The highest BCUT2D eigenvalue weighted by Gasteiger charge is 2.06. The first-order valence-corrected chi connectivity index (χ1v) is 7.66. The number of halogens is 1. The van der Waals surface area contributed by atoms with Gasteiger partial charge in [-0.25, -0.2) is 4.39 Å². The Balaban J connectivity index is 2.00. The van der Waals surface area contributed by atoms with Gasteiger partial charge >= 0.3 is 0 Å². The maximum absolute atomic E-state index is 13.3. The second-order valence-electron chi connectivity index (χ2n) is 4.83. The fourth-order valence-corrected chi connectivity index (χ4v) is 2.76. The molecule has 1 aromatic heterocycles. The number of benzene rings is 1. The third-order valence-corrected chi connectivity index (χ3v) is 4.07. The maximum Gasteiger partial charge on any atom is 0.124 e. The first kappa shape index (κ1) is 15.7. The molecule has 4 heteroatoms. The van der Waals surface area contributed by atoms with Crippen LogP contribution in [0, 0.1) is 17.7 Å². The molecule has 2 nitrogen and oxygen atoms in total. The van der Waals surface area contributed by atoms with Crippen LogP contribution in [0.4, 0.5) is 4.39 Å². The average Bonchev–Trinajstić information content (AvgIpc) is 2.98. The Hall–Kier alpha value is -1.67. The lowest BCUT2D eigenvalue weighted by Crippen LogP contribution is -2.21. The van der Waals surface area contributed by atoms with Crippen molar-refractivity contribution in [1.82, 2.24) is 4.90 Å². The molecule has 2 aromatic rings. The molecule has 0 radical (unpaired) electrons. The molecule has 0 aliphatic heterocycles. The van der Waals surface area contributed by atoms with Crippen LogP contribution in [0.3, 0.4) is 0 Å². The van der Waals surface area contributed by atoms with Crippen molar-refractivity contribution in [1.29, 1.82) is 0 Å². The molecule has 1 N–H and O–H groups in total. The van der Waals surface area contributed by atoms with Crippen LogP contribution in [-0.4, -0.2) is 30.2 Å². The van der Waals surface area contributed by atoms with E-state index in [0.29, 0.717) is 12.1 Å². The second-order valence-corrected chi connectivity index (χ2v) is 5.86. The summed E-state index contributed by atoms with van der Waals surface area (Å²) in [5.74, 6) is 5.09. The molecule has 0 fully saturated rings. The van der Waals surface area contributed by atoms with E-state index in [1.54, 1.807) is 17.4 Å². The van der Waals surface area contributed by atoms with E-state index in [1.165, 1.54) is 17.0 Å². The van der Waals surface area contributed by atoms with Crippen LogP contribution in [0.1, 0.15) is 16.0 Å². The van der Waals surface area contributed by atoms with Gasteiger partial charge in [-0.2, -0.15) is 0 Å². The van der Waals surface area contributed by atoms with E-state index in [0.717, 1.165) is 18.5 Å². The fraction of sp³-hybridized carbons (Fsp3) is 0.294. The second kappa shape index (κ2) is 7.94. The molecular formula is C17H18FNOS. The van der Waals surface area contributed by atoms with Gasteiger partial charge in [0.15, 0.2) is 0 Å². The number of hydrogen-bond donors (Lipinski definition) is 1. The number of aliphatic hydroxyl groups excluding tert-OH is 1. The Bertz CT molecular complexity index is 628. The van der Waals surface area contributed by atoms with E-state index >= 15 is 0 Å². The zero-order valence-corrected chi connectivity index (χ0v) is 12.8. The smallest absolute Gasteiger partial charge is 0.124 e. The van der Waals surface area contributed by atoms with Gasteiger partial charge in [0.25, 0.3) is 0 Å². The average molecular weight is 303 g/mol. The lowest BCUT2D eigenvalue weighted by atomic mass is 10.1. The van der Waals surface area contributed by atoms with Gasteiger partial charge in [0.1, 0.15) is 12.4 Å². The van der Waals surface area contributed by atoms with Crippen molar-refractivity contribution >= 4 is 11.3 Å². The predicted octanol–water partition coefficient (Wildman–Crippen LogP) is 2.91. The van der Waals surface area contributed by atoms with Gasteiger partial charge in [-0.05, 0) is 42.6 Å². The Labute approximate surface area is 128 Å². The van der Waals surface area contributed by atoms with E-state index in [2.05, 4.69) is 34.3 Å². The molecule has 0 spiro atoms. The monoisotopic (exact) mass is 303 g/mol. The zero-order chi connectivity index (χ0) is 15.1. The van der Waals surface area contributed by atoms with E-state index in [1.807, 2.05) is 7.05 Å². The van der Waals surface area contributed by atoms with Crippen LogP contribution >= 0.6 is 11.3 Å². The van der Waals surface area contributed by atoms with Crippen LogP contribution in [-0.2, 0) is 13.0 Å². The zero-order valence-electron chi connectivity index (χ0n) is 12.0. The van der Waals surface area contributed by atoms with Crippen molar-refractivity contribution < 1.29 is 9.50 Å². The van der Waals surface area contributed by atoms with E-state index in [4.69, 9.17) is 5.11 Å². The molecule has 1 heterocycles. The van der Waals surface area contributed by atoms with E-state index in [9.17, 15) is 4.39 Å². The number of nitrogens with zero attached hydrogens (tertiary/aromatic N) is 1. The summed E-state index contributed by atoms with van der Waals surface area (Å²) in [6.07, 6.45) is 1.01. The summed E-state index contributed by atoms with van der Waals surface area (Å²) in [5, 5.41) is 10.9. The van der Waals surface area contributed by atoms with Crippen molar-refractivity contribution in [2.24, 2.45) is 0 Å². The van der Waals surface area contributed by atoms with Gasteiger partial charge in [0, 0.05) is 23.5 Å². The molecule has 21 heavy (non-hydrogen) atoms. The Morgan fingerprint density at radius 1 is 1.33 bits per heavy atom. The highest BCUT2D eigenvalue weighted by atomic mass is 32.1. The van der Waals surface area contributed by atoms with Gasteiger partial charge < -0.3 is 10.0 Å². The third kappa shape index (κ3) is 4.98. The maximum atomic E-state index is 13.3. The largest absolute Gasteiger partial charge is 0.384 e. The Morgan fingerprint density at radius 2 is 2.19 bits per heavy atom. The quantitative estimate of drug-likeness (QED) is 0.859. The van der Waals surface area contributed by atoms with Crippen molar-refractivity contribution in [3.05, 3.63) is 57.5 Å². The highest BCUT2D eigenvalue weighted by molar-refractivity contribution is 7.09. The first-order valence-electron chi connectivity index (χ1n) is 6.78. The summed E-state index contributed by atoms with van der Waals surface area (Å²) in [4.78, 5) is 3.55. The van der Waals surface area contributed by atoms with Gasteiger partial charge in [-0.3, -0.25) is 0 Å². The molecule has 0 aliphatic rings. The first-order chi connectivity index (χ1) is 10.2. The minimum Gasteiger partial charge on any atom is -0.384 e. The molecule has 0 atom stereocenters. The summed E-state index contributed by atoms with van der Waals surface area (Å²) in [5.41, 5.74) is 1.62. The third-order valence-electron chi connectivity index (χ3n) is 3.13. The molecule has 1 aromatic carbocycles. The standard InChI is InChI=1S/C17H18FNOS/c1-19(9-8-17-5-3-11-21-17)13-15-6-7-16(18)12-14(15)4-2-10-20/h3,5-7,11-12,20H,8-10,13H2,1H3. The van der Waals surface area contributed by atoms with Gasteiger partial charge in [0.2, 0.25) is 0 Å². The topological polar surface area (TPSA) is 23.5 Å². The van der Waals surface area contributed by atoms with Crippen LogP contribution in [0.25, 0.3) is 0 Å². The minimum atomic E-state index is -0.303. The van der Waals surface area contributed by atoms with Crippen LogP contribution in [0.15, 0.2) is 35.7 Å². The number of aliphatic hydroxyl groups is 1.